The summed E-state index contributed by atoms with van der Waals surface area (Å²) in [5, 5.41) is 2.68. The van der Waals surface area contributed by atoms with Crippen molar-refractivity contribution in [2.45, 2.75) is 25.6 Å². The molecule has 3 aromatic rings. The molecule has 1 heterocycles. The smallest absolute Gasteiger partial charge is 0.410 e. The maximum Gasteiger partial charge on any atom is 0.417 e. The van der Waals surface area contributed by atoms with E-state index in [-0.39, 0.29) is 11.9 Å². The van der Waals surface area contributed by atoms with Gasteiger partial charge in [0.1, 0.15) is 5.75 Å². The molecular weight excluding hydrogens is 471 g/mol. The number of carbonyl (C=O) groups is 2. The number of likely N-dealkylation sites (N-methyl/N-ethyl adjacent to an activating group) is 1. The highest BCUT2D eigenvalue weighted by molar-refractivity contribution is 5.86. The van der Waals surface area contributed by atoms with Gasteiger partial charge in [0.2, 0.25) is 5.91 Å². The van der Waals surface area contributed by atoms with E-state index in [2.05, 4.69) is 10.2 Å². The fourth-order valence-corrected chi connectivity index (χ4v) is 4.12. The van der Waals surface area contributed by atoms with E-state index in [4.69, 9.17) is 4.74 Å². The number of rotatable bonds is 5. The summed E-state index contributed by atoms with van der Waals surface area (Å²) >= 11 is 0. The molecule has 0 bridgehead atoms. The first kappa shape index (κ1) is 25.1. The Morgan fingerprint density at radius 2 is 1.53 bits per heavy atom. The van der Waals surface area contributed by atoms with Crippen LogP contribution in [0.25, 0.3) is 11.1 Å². The van der Waals surface area contributed by atoms with E-state index in [1.165, 1.54) is 12.1 Å². The number of hydrogen-bond acceptors (Lipinski definition) is 4. The number of nitrogens with one attached hydrogen (secondary N) is 1. The average molecular weight is 498 g/mol. The average Bonchev–Trinajstić information content (AvgIpc) is 3.34. The van der Waals surface area contributed by atoms with Crippen molar-refractivity contribution < 1.29 is 27.5 Å². The van der Waals surface area contributed by atoms with Crippen LogP contribution in [-0.2, 0) is 11.0 Å². The van der Waals surface area contributed by atoms with Gasteiger partial charge in [0, 0.05) is 38.4 Å². The van der Waals surface area contributed by atoms with Gasteiger partial charge in [0.15, 0.2) is 0 Å². The number of amides is 2. The Hall–Kier alpha value is -4.01. The summed E-state index contributed by atoms with van der Waals surface area (Å²) in [4.78, 5) is 27.9. The Kier molecular flexibility index (Phi) is 7.19. The van der Waals surface area contributed by atoms with Gasteiger partial charge in [-0.05, 0) is 66.1 Å². The molecule has 1 fully saturated rings. The zero-order valence-electron chi connectivity index (χ0n) is 19.9. The van der Waals surface area contributed by atoms with E-state index in [1.807, 2.05) is 19.2 Å². The van der Waals surface area contributed by atoms with Crippen LogP contribution in [0, 0.1) is 0 Å². The molecule has 0 aliphatic carbocycles. The maximum atomic E-state index is 12.7. The van der Waals surface area contributed by atoms with Crippen molar-refractivity contribution in [1.82, 2.24) is 4.90 Å². The highest BCUT2D eigenvalue weighted by Gasteiger charge is 2.30. The Morgan fingerprint density at radius 1 is 0.944 bits per heavy atom. The molecule has 1 aliphatic heterocycles. The zero-order chi connectivity index (χ0) is 25.9. The van der Waals surface area contributed by atoms with Crippen LogP contribution in [0.15, 0.2) is 72.8 Å². The molecule has 0 saturated carbocycles. The zero-order valence-corrected chi connectivity index (χ0v) is 19.9. The van der Waals surface area contributed by atoms with Crippen molar-refractivity contribution in [3.05, 3.63) is 78.4 Å². The molecule has 1 atom stereocenters. The van der Waals surface area contributed by atoms with E-state index in [0.717, 1.165) is 37.3 Å². The SMILES string of the molecule is CC(=O)N(C)C1CCN(c2ccc(NC(=O)Oc3ccc(-c4ccc(C(F)(F)F)cc4)cc3)cc2)C1. The van der Waals surface area contributed by atoms with Crippen LogP contribution >= 0.6 is 0 Å². The Balaban J connectivity index is 1.31. The van der Waals surface area contributed by atoms with Gasteiger partial charge in [-0.25, -0.2) is 4.79 Å². The third-order valence-electron chi connectivity index (χ3n) is 6.30. The summed E-state index contributed by atoms with van der Waals surface area (Å²) in [6.45, 7) is 3.17. The van der Waals surface area contributed by atoms with Crippen LogP contribution in [0.4, 0.5) is 29.3 Å². The summed E-state index contributed by atoms with van der Waals surface area (Å²) in [7, 11) is 1.82. The number of anilines is 2. The lowest BCUT2D eigenvalue weighted by atomic mass is 10.0. The predicted octanol–water partition coefficient (Wildman–Crippen LogP) is 6.04. The minimum absolute atomic E-state index is 0.0501. The first-order chi connectivity index (χ1) is 17.1. The molecule has 36 heavy (non-hydrogen) atoms. The highest BCUT2D eigenvalue weighted by atomic mass is 19.4. The number of carbonyl (C=O) groups excluding carboxylic acids is 2. The van der Waals surface area contributed by atoms with Gasteiger partial charge in [0.25, 0.3) is 0 Å². The van der Waals surface area contributed by atoms with Crippen molar-refractivity contribution in [2.24, 2.45) is 0 Å². The second-order valence-corrected chi connectivity index (χ2v) is 8.68. The van der Waals surface area contributed by atoms with Gasteiger partial charge in [-0.3, -0.25) is 10.1 Å². The van der Waals surface area contributed by atoms with E-state index >= 15 is 0 Å². The minimum atomic E-state index is -4.38. The second-order valence-electron chi connectivity index (χ2n) is 8.68. The molecule has 1 N–H and O–H groups in total. The summed E-state index contributed by atoms with van der Waals surface area (Å²) in [6, 6.07) is 18.9. The molecule has 0 spiro atoms. The van der Waals surface area contributed by atoms with Crippen LogP contribution in [0.3, 0.4) is 0 Å². The molecule has 1 aliphatic rings. The number of halogens is 3. The van der Waals surface area contributed by atoms with E-state index in [1.54, 1.807) is 48.2 Å². The first-order valence-corrected chi connectivity index (χ1v) is 11.4. The summed E-state index contributed by atoms with van der Waals surface area (Å²) in [6.07, 6.45) is -4.14. The molecule has 1 saturated heterocycles. The lowest BCUT2D eigenvalue weighted by Crippen LogP contribution is -2.37. The maximum absolute atomic E-state index is 12.7. The quantitative estimate of drug-likeness (QED) is 0.467. The van der Waals surface area contributed by atoms with Crippen molar-refractivity contribution in [2.75, 3.05) is 30.4 Å². The fraction of sp³-hybridized carbons (Fsp3) is 0.259. The van der Waals surface area contributed by atoms with Crippen molar-refractivity contribution >= 4 is 23.4 Å². The van der Waals surface area contributed by atoms with Gasteiger partial charge >= 0.3 is 12.3 Å². The number of alkyl halides is 3. The number of hydrogen-bond donors (Lipinski definition) is 1. The summed E-state index contributed by atoms with van der Waals surface area (Å²) in [5.74, 6) is 0.353. The van der Waals surface area contributed by atoms with Gasteiger partial charge in [-0.15, -0.1) is 0 Å². The second kappa shape index (κ2) is 10.3. The normalized spacial score (nSPS) is 15.5. The van der Waals surface area contributed by atoms with E-state index in [9.17, 15) is 22.8 Å². The fourth-order valence-electron chi connectivity index (χ4n) is 4.12. The molecule has 1 unspecified atom stereocenters. The molecule has 2 amide bonds. The largest absolute Gasteiger partial charge is 0.417 e. The Labute approximate surface area is 207 Å². The topological polar surface area (TPSA) is 61.9 Å². The van der Waals surface area contributed by atoms with Crippen LogP contribution in [0.1, 0.15) is 18.9 Å². The molecule has 4 rings (SSSR count). The molecule has 0 aromatic heterocycles. The van der Waals surface area contributed by atoms with Gasteiger partial charge in [-0.2, -0.15) is 13.2 Å². The lowest BCUT2D eigenvalue weighted by molar-refractivity contribution is -0.137. The minimum Gasteiger partial charge on any atom is -0.410 e. The highest BCUT2D eigenvalue weighted by Crippen LogP contribution is 2.31. The first-order valence-electron chi connectivity index (χ1n) is 11.4. The van der Waals surface area contributed by atoms with Crippen molar-refractivity contribution in [1.29, 1.82) is 0 Å². The molecule has 188 valence electrons. The van der Waals surface area contributed by atoms with E-state index in [0.29, 0.717) is 22.6 Å². The van der Waals surface area contributed by atoms with Crippen LogP contribution < -0.4 is 15.0 Å². The monoisotopic (exact) mass is 497 g/mol. The Morgan fingerprint density at radius 3 is 2.08 bits per heavy atom. The van der Waals surface area contributed by atoms with Crippen molar-refractivity contribution in [3.8, 4) is 16.9 Å². The van der Waals surface area contributed by atoms with Crippen LogP contribution in [0.5, 0.6) is 5.75 Å². The van der Waals surface area contributed by atoms with Crippen LogP contribution in [-0.4, -0.2) is 43.1 Å². The van der Waals surface area contributed by atoms with Crippen molar-refractivity contribution in [3.63, 3.8) is 0 Å². The third-order valence-corrected chi connectivity index (χ3v) is 6.30. The van der Waals surface area contributed by atoms with E-state index < -0.39 is 17.8 Å². The third kappa shape index (κ3) is 5.97. The predicted molar refractivity (Wildman–Crippen MR) is 132 cm³/mol. The standard InChI is InChI=1S/C27H26F3N3O3/c1-18(34)32(2)24-15-16-33(17-24)23-11-9-22(10-12-23)31-26(35)36-25-13-5-20(6-14-25)19-3-7-21(8-4-19)27(28,29)30/h3-14,24H,15-17H2,1-2H3,(H,31,35). The molecule has 0 radical (unpaired) electrons. The summed E-state index contributed by atoms with van der Waals surface area (Å²) < 4.78 is 43.5. The lowest BCUT2D eigenvalue weighted by Gasteiger charge is -2.24. The Bertz CT molecular complexity index is 1210. The van der Waals surface area contributed by atoms with Gasteiger partial charge in [0.05, 0.1) is 11.6 Å². The molecular formula is C27H26F3N3O3. The van der Waals surface area contributed by atoms with Gasteiger partial charge < -0.3 is 14.5 Å². The van der Waals surface area contributed by atoms with Gasteiger partial charge in [-0.1, -0.05) is 24.3 Å². The number of ether oxygens (including phenoxy) is 1. The summed E-state index contributed by atoms with van der Waals surface area (Å²) in [5.41, 5.74) is 2.19. The number of benzene rings is 3. The molecule has 9 heteroatoms. The molecule has 6 nitrogen and oxygen atoms in total. The van der Waals surface area contributed by atoms with Crippen LogP contribution in [0.2, 0.25) is 0 Å². The number of nitrogens with zero attached hydrogens (tertiary/aromatic N) is 2. The molecule has 3 aromatic carbocycles.